The molecule has 1 aliphatic carbocycles. The molecule has 0 N–H and O–H groups in total. The van der Waals surface area contributed by atoms with Crippen LogP contribution in [0.4, 0.5) is 0 Å². The van der Waals surface area contributed by atoms with Gasteiger partial charge in [0, 0.05) is 6.04 Å². The first-order valence-corrected chi connectivity index (χ1v) is 6.80. The molecule has 0 bridgehead atoms. The van der Waals surface area contributed by atoms with E-state index in [0.717, 1.165) is 0 Å². The molecule has 0 aromatic heterocycles. The Kier molecular flexibility index (Phi) is 2.43. The maximum atomic E-state index is 11.8. The topological polar surface area (TPSA) is 20.3 Å². The van der Waals surface area contributed by atoms with Gasteiger partial charge >= 0.3 is 0 Å². The van der Waals surface area contributed by atoms with Crippen molar-refractivity contribution < 1.29 is 4.79 Å². The maximum Gasteiger partial charge on any atom is 0.234 e. The van der Waals surface area contributed by atoms with Gasteiger partial charge in [0.2, 0.25) is 5.91 Å². The molecule has 16 heavy (non-hydrogen) atoms. The second-order valence-corrected chi connectivity index (χ2v) is 5.67. The molecule has 0 spiro atoms. The third-order valence-corrected chi connectivity index (χ3v) is 4.44. The van der Waals surface area contributed by atoms with Gasteiger partial charge in [-0.3, -0.25) is 4.79 Å². The van der Waals surface area contributed by atoms with Gasteiger partial charge < -0.3 is 4.90 Å². The quantitative estimate of drug-likeness (QED) is 0.783. The molecule has 1 unspecified atom stereocenters. The summed E-state index contributed by atoms with van der Waals surface area (Å²) < 4.78 is 0. The lowest BCUT2D eigenvalue weighted by Crippen LogP contribution is -2.30. The average molecular weight is 233 g/mol. The van der Waals surface area contributed by atoms with Crippen LogP contribution >= 0.6 is 11.8 Å². The molecule has 1 aliphatic heterocycles. The number of thioether (sulfide) groups is 1. The summed E-state index contributed by atoms with van der Waals surface area (Å²) in [6.07, 6.45) is 2.38. The van der Waals surface area contributed by atoms with Crippen LogP contribution in [-0.4, -0.2) is 22.6 Å². The van der Waals surface area contributed by atoms with Crippen molar-refractivity contribution in [1.82, 2.24) is 4.90 Å². The summed E-state index contributed by atoms with van der Waals surface area (Å²) in [6, 6.07) is 9.09. The van der Waals surface area contributed by atoms with Crippen molar-refractivity contribution >= 4 is 17.7 Å². The highest BCUT2D eigenvalue weighted by Crippen LogP contribution is 2.45. The molecule has 1 saturated carbocycles. The molecule has 1 heterocycles. The van der Waals surface area contributed by atoms with Crippen molar-refractivity contribution in [2.24, 2.45) is 0 Å². The fourth-order valence-electron chi connectivity index (χ4n) is 2.17. The Morgan fingerprint density at radius 3 is 2.56 bits per heavy atom. The van der Waals surface area contributed by atoms with Gasteiger partial charge in [0.25, 0.3) is 0 Å². The minimum Gasteiger partial charge on any atom is -0.323 e. The summed E-state index contributed by atoms with van der Waals surface area (Å²) >= 11 is 1.76. The Labute approximate surface area is 100 Å². The summed E-state index contributed by atoms with van der Waals surface area (Å²) in [5, 5.41) is 0.264. The van der Waals surface area contributed by atoms with Crippen molar-refractivity contribution in [3.8, 4) is 0 Å². The highest BCUT2D eigenvalue weighted by Gasteiger charge is 2.42. The number of rotatable bonds is 2. The van der Waals surface area contributed by atoms with Crippen LogP contribution in [0.1, 0.15) is 29.3 Å². The second kappa shape index (κ2) is 3.81. The number of nitrogens with zero attached hydrogens (tertiary/aromatic N) is 1. The number of hydrogen-bond donors (Lipinski definition) is 0. The van der Waals surface area contributed by atoms with Crippen LogP contribution in [0.15, 0.2) is 24.3 Å². The Morgan fingerprint density at radius 2 is 1.94 bits per heavy atom. The predicted molar refractivity (Wildman–Crippen MR) is 66.2 cm³/mol. The molecule has 1 aromatic rings. The monoisotopic (exact) mass is 233 g/mol. The van der Waals surface area contributed by atoms with Crippen LogP contribution in [0.5, 0.6) is 0 Å². The lowest BCUT2D eigenvalue weighted by molar-refractivity contribution is -0.128. The van der Waals surface area contributed by atoms with E-state index in [-0.39, 0.29) is 5.37 Å². The minimum atomic E-state index is 0.264. The molecule has 1 aromatic carbocycles. The van der Waals surface area contributed by atoms with Gasteiger partial charge in [-0.05, 0) is 25.3 Å². The molecule has 2 aliphatic rings. The molecule has 3 heteroatoms. The first kappa shape index (κ1) is 10.2. The maximum absolute atomic E-state index is 11.8. The van der Waals surface area contributed by atoms with Crippen LogP contribution in [0.2, 0.25) is 0 Å². The van der Waals surface area contributed by atoms with Crippen molar-refractivity contribution in [2.75, 3.05) is 5.75 Å². The molecule has 0 radical (unpaired) electrons. The fraction of sp³-hybridized carbons (Fsp3) is 0.462. The van der Waals surface area contributed by atoms with E-state index in [1.54, 1.807) is 11.8 Å². The number of amides is 1. The zero-order valence-corrected chi connectivity index (χ0v) is 10.2. The molecular weight excluding hydrogens is 218 g/mol. The number of hydrogen-bond acceptors (Lipinski definition) is 2. The van der Waals surface area contributed by atoms with Crippen LogP contribution in [0, 0.1) is 6.92 Å². The predicted octanol–water partition coefficient (Wildman–Crippen LogP) is 2.73. The molecule has 1 atom stereocenters. The smallest absolute Gasteiger partial charge is 0.234 e. The molecule has 1 saturated heterocycles. The van der Waals surface area contributed by atoms with E-state index >= 15 is 0 Å². The Morgan fingerprint density at radius 1 is 1.25 bits per heavy atom. The molecule has 2 fully saturated rings. The van der Waals surface area contributed by atoms with E-state index in [4.69, 9.17) is 0 Å². The highest BCUT2D eigenvalue weighted by molar-refractivity contribution is 8.00. The van der Waals surface area contributed by atoms with Gasteiger partial charge in [-0.15, -0.1) is 11.8 Å². The van der Waals surface area contributed by atoms with Gasteiger partial charge in [-0.1, -0.05) is 29.8 Å². The van der Waals surface area contributed by atoms with Gasteiger partial charge in [0.15, 0.2) is 0 Å². The van der Waals surface area contributed by atoms with Crippen LogP contribution < -0.4 is 0 Å². The summed E-state index contributed by atoms with van der Waals surface area (Å²) in [4.78, 5) is 13.9. The lowest BCUT2D eigenvalue weighted by atomic mass is 10.1. The largest absolute Gasteiger partial charge is 0.323 e. The zero-order valence-electron chi connectivity index (χ0n) is 9.35. The standard InChI is InChI=1S/C13H15NOS/c1-9-2-4-10(5-3-9)13-14(11-6-7-11)12(15)8-16-13/h2-5,11,13H,6-8H2,1H3. The van der Waals surface area contributed by atoms with E-state index < -0.39 is 0 Å². The molecule has 2 nitrogen and oxygen atoms in total. The van der Waals surface area contributed by atoms with E-state index in [9.17, 15) is 4.79 Å². The van der Waals surface area contributed by atoms with Crippen LogP contribution in [-0.2, 0) is 4.79 Å². The van der Waals surface area contributed by atoms with Gasteiger partial charge in [-0.25, -0.2) is 0 Å². The fourth-order valence-corrected chi connectivity index (χ4v) is 3.42. The summed E-state index contributed by atoms with van der Waals surface area (Å²) in [7, 11) is 0. The average Bonchev–Trinajstić information content (AvgIpc) is 3.04. The zero-order chi connectivity index (χ0) is 11.1. The molecule has 84 valence electrons. The lowest BCUT2D eigenvalue weighted by Gasteiger charge is -2.24. The van der Waals surface area contributed by atoms with Crippen molar-refractivity contribution in [2.45, 2.75) is 31.2 Å². The Balaban J connectivity index is 1.88. The normalized spacial score (nSPS) is 25.2. The van der Waals surface area contributed by atoms with E-state index in [1.807, 2.05) is 0 Å². The van der Waals surface area contributed by atoms with Crippen LogP contribution in [0.3, 0.4) is 0 Å². The van der Waals surface area contributed by atoms with Gasteiger partial charge in [-0.2, -0.15) is 0 Å². The summed E-state index contributed by atoms with van der Waals surface area (Å²) in [5.41, 5.74) is 2.55. The third-order valence-electron chi connectivity index (χ3n) is 3.21. The first-order chi connectivity index (χ1) is 7.75. The second-order valence-electron chi connectivity index (χ2n) is 4.61. The van der Waals surface area contributed by atoms with Crippen molar-refractivity contribution in [3.05, 3.63) is 35.4 Å². The third kappa shape index (κ3) is 1.73. The molecular formula is C13H15NOS. The van der Waals surface area contributed by atoms with Crippen molar-refractivity contribution in [3.63, 3.8) is 0 Å². The number of benzene rings is 1. The van der Waals surface area contributed by atoms with Crippen molar-refractivity contribution in [1.29, 1.82) is 0 Å². The molecule has 1 amide bonds. The summed E-state index contributed by atoms with van der Waals surface area (Å²) in [6.45, 7) is 2.09. The van der Waals surface area contributed by atoms with Gasteiger partial charge in [0.05, 0.1) is 5.75 Å². The Hall–Kier alpha value is -0.960. The van der Waals surface area contributed by atoms with Gasteiger partial charge in [0.1, 0.15) is 5.37 Å². The van der Waals surface area contributed by atoms with Crippen LogP contribution in [0.25, 0.3) is 0 Å². The SMILES string of the molecule is Cc1ccc(C2SCC(=O)N2C2CC2)cc1. The highest BCUT2D eigenvalue weighted by atomic mass is 32.2. The number of aryl methyl sites for hydroxylation is 1. The number of carbonyl (C=O) groups is 1. The van der Waals surface area contributed by atoms with E-state index in [2.05, 4.69) is 36.1 Å². The van der Waals surface area contributed by atoms with E-state index in [1.165, 1.54) is 24.0 Å². The van der Waals surface area contributed by atoms with E-state index in [0.29, 0.717) is 17.7 Å². The number of carbonyl (C=O) groups excluding carboxylic acids is 1. The Bertz CT molecular complexity index is 410. The first-order valence-electron chi connectivity index (χ1n) is 5.75. The molecule has 3 rings (SSSR count). The minimum absolute atomic E-state index is 0.264. The summed E-state index contributed by atoms with van der Waals surface area (Å²) in [5.74, 6) is 0.966.